The monoisotopic (exact) mass is 134 g/mol. The summed E-state index contributed by atoms with van der Waals surface area (Å²) >= 11 is 5.22. The van der Waals surface area contributed by atoms with Crippen LogP contribution in [0.2, 0.25) is 0 Å². The van der Waals surface area contributed by atoms with Crippen molar-refractivity contribution in [3.8, 4) is 0 Å². The first kappa shape index (κ1) is 6.05. The minimum atomic E-state index is -0.401. The molecule has 1 rings (SSSR count). The molecule has 0 atom stereocenters. The highest BCUT2D eigenvalue weighted by molar-refractivity contribution is 6.65. The molecule has 2 nitrogen and oxygen atoms in total. The summed E-state index contributed by atoms with van der Waals surface area (Å²) in [5.41, 5.74) is 3.29. The maximum Gasteiger partial charge on any atom is 0.282 e. The Morgan fingerprint density at radius 1 is 1.62 bits per heavy atom. The summed E-state index contributed by atoms with van der Waals surface area (Å²) < 4.78 is 0. The molecule has 1 saturated carbocycles. The zero-order valence-corrected chi connectivity index (χ0v) is 5.37. The first-order valence-corrected chi connectivity index (χ1v) is 3.08. The zero-order chi connectivity index (χ0) is 6.20. The van der Waals surface area contributed by atoms with Gasteiger partial charge in [-0.05, 0) is 18.0 Å². The lowest BCUT2D eigenvalue weighted by Gasteiger charge is -2.29. The standard InChI is InChI=1S/C5H8ClNO/c6-4(8)5(7)2-1-3-5/h1-3,7H2/p+1. The molecule has 0 radical (unpaired) electrons. The fraction of sp³-hybridized carbons (Fsp3) is 0.800. The van der Waals surface area contributed by atoms with Gasteiger partial charge in [-0.1, -0.05) is 0 Å². The second-order valence-corrected chi connectivity index (χ2v) is 2.75. The van der Waals surface area contributed by atoms with E-state index in [1.165, 1.54) is 0 Å². The molecule has 0 aliphatic heterocycles. The lowest BCUT2D eigenvalue weighted by Crippen LogP contribution is -2.78. The van der Waals surface area contributed by atoms with Crippen molar-refractivity contribution in [2.24, 2.45) is 0 Å². The number of hydrogen-bond acceptors (Lipinski definition) is 1. The van der Waals surface area contributed by atoms with Crippen LogP contribution in [0.25, 0.3) is 0 Å². The smallest absolute Gasteiger partial charge is 0.282 e. The molecule has 3 heteroatoms. The Morgan fingerprint density at radius 3 is 2.12 bits per heavy atom. The highest BCUT2D eigenvalue weighted by atomic mass is 35.5. The molecule has 0 saturated heterocycles. The summed E-state index contributed by atoms with van der Waals surface area (Å²) in [6, 6.07) is 0. The van der Waals surface area contributed by atoms with Crippen molar-refractivity contribution < 1.29 is 10.5 Å². The molecule has 0 unspecified atom stereocenters. The normalized spacial score (nSPS) is 24.2. The van der Waals surface area contributed by atoms with Gasteiger partial charge in [0.05, 0.1) is 0 Å². The maximum atomic E-state index is 10.5. The first-order valence-electron chi connectivity index (χ1n) is 2.70. The van der Waals surface area contributed by atoms with Crippen molar-refractivity contribution in [1.29, 1.82) is 0 Å². The number of quaternary nitrogens is 1. The minimum Gasteiger partial charge on any atom is -0.345 e. The Hall–Kier alpha value is -0.0800. The molecule has 0 amide bonds. The average molecular weight is 135 g/mol. The van der Waals surface area contributed by atoms with E-state index in [-0.39, 0.29) is 5.24 Å². The lowest BCUT2D eigenvalue weighted by atomic mass is 9.79. The van der Waals surface area contributed by atoms with Gasteiger partial charge in [-0.3, -0.25) is 4.79 Å². The van der Waals surface area contributed by atoms with Gasteiger partial charge in [0.25, 0.3) is 5.24 Å². The molecule has 46 valence electrons. The van der Waals surface area contributed by atoms with Gasteiger partial charge in [0.1, 0.15) is 0 Å². The van der Waals surface area contributed by atoms with E-state index in [4.69, 9.17) is 11.6 Å². The SMILES string of the molecule is [NH3+]C1(C(=O)Cl)CCC1. The van der Waals surface area contributed by atoms with Gasteiger partial charge in [0.15, 0.2) is 5.54 Å². The summed E-state index contributed by atoms with van der Waals surface area (Å²) in [6.07, 6.45) is 2.84. The molecule has 0 aromatic carbocycles. The fourth-order valence-electron chi connectivity index (χ4n) is 0.800. The van der Waals surface area contributed by atoms with Crippen molar-refractivity contribution in [1.82, 2.24) is 0 Å². The predicted octanol–water partition coefficient (Wildman–Crippen LogP) is -0.0836. The molecule has 0 aromatic rings. The quantitative estimate of drug-likeness (QED) is 0.501. The van der Waals surface area contributed by atoms with E-state index in [1.807, 2.05) is 0 Å². The Morgan fingerprint density at radius 2 is 2.12 bits per heavy atom. The van der Waals surface area contributed by atoms with Crippen LogP contribution < -0.4 is 5.73 Å². The van der Waals surface area contributed by atoms with Gasteiger partial charge < -0.3 is 5.73 Å². The van der Waals surface area contributed by atoms with Crippen LogP contribution in [0.1, 0.15) is 19.3 Å². The largest absolute Gasteiger partial charge is 0.345 e. The van der Waals surface area contributed by atoms with Crippen LogP contribution in [0.4, 0.5) is 0 Å². The third-order valence-corrected chi connectivity index (χ3v) is 2.13. The molecule has 3 N–H and O–H groups in total. The Kier molecular flexibility index (Phi) is 1.29. The fourth-order valence-corrected chi connectivity index (χ4v) is 0.989. The van der Waals surface area contributed by atoms with E-state index >= 15 is 0 Å². The molecule has 0 aromatic heterocycles. The van der Waals surface area contributed by atoms with Crippen molar-refractivity contribution in [2.45, 2.75) is 24.8 Å². The molecule has 0 heterocycles. The summed E-state index contributed by atoms with van der Waals surface area (Å²) in [4.78, 5) is 10.5. The van der Waals surface area contributed by atoms with Crippen molar-refractivity contribution >= 4 is 16.8 Å². The van der Waals surface area contributed by atoms with Crippen molar-refractivity contribution in [3.05, 3.63) is 0 Å². The van der Waals surface area contributed by atoms with Crippen LogP contribution in [-0.2, 0) is 4.79 Å². The van der Waals surface area contributed by atoms with E-state index in [0.717, 1.165) is 19.3 Å². The van der Waals surface area contributed by atoms with Crippen LogP contribution in [0.15, 0.2) is 0 Å². The molecule has 0 spiro atoms. The maximum absolute atomic E-state index is 10.5. The Bertz CT molecular complexity index is 120. The molecule has 0 bridgehead atoms. The van der Waals surface area contributed by atoms with Crippen LogP contribution in [0, 0.1) is 0 Å². The molecular weight excluding hydrogens is 126 g/mol. The Labute approximate surface area is 53.0 Å². The highest BCUT2D eigenvalue weighted by Gasteiger charge is 2.43. The minimum absolute atomic E-state index is 0.274. The van der Waals surface area contributed by atoms with Gasteiger partial charge in [-0.25, -0.2) is 0 Å². The van der Waals surface area contributed by atoms with Crippen LogP contribution in [0.3, 0.4) is 0 Å². The lowest BCUT2D eigenvalue weighted by molar-refractivity contribution is -0.475. The molecule has 1 aliphatic rings. The van der Waals surface area contributed by atoms with Crippen LogP contribution >= 0.6 is 11.6 Å². The third kappa shape index (κ3) is 0.740. The van der Waals surface area contributed by atoms with Crippen molar-refractivity contribution in [3.63, 3.8) is 0 Å². The predicted molar refractivity (Wildman–Crippen MR) is 30.3 cm³/mol. The van der Waals surface area contributed by atoms with E-state index in [1.54, 1.807) is 0 Å². The number of rotatable bonds is 1. The average Bonchev–Trinajstić information content (AvgIpc) is 1.60. The zero-order valence-electron chi connectivity index (χ0n) is 4.61. The second kappa shape index (κ2) is 1.71. The van der Waals surface area contributed by atoms with Gasteiger partial charge >= 0.3 is 0 Å². The Balaban J connectivity index is 2.53. The molecular formula is C5H9ClNO+. The number of carbonyl (C=O) groups excluding carboxylic acids is 1. The highest BCUT2D eigenvalue weighted by Crippen LogP contribution is 2.28. The summed E-state index contributed by atoms with van der Waals surface area (Å²) in [6.45, 7) is 0. The van der Waals surface area contributed by atoms with E-state index in [9.17, 15) is 4.79 Å². The van der Waals surface area contributed by atoms with Gasteiger partial charge in [-0.2, -0.15) is 0 Å². The van der Waals surface area contributed by atoms with Crippen molar-refractivity contribution in [2.75, 3.05) is 0 Å². The van der Waals surface area contributed by atoms with E-state index in [0.29, 0.717) is 0 Å². The number of carbonyl (C=O) groups is 1. The van der Waals surface area contributed by atoms with Crippen LogP contribution in [-0.4, -0.2) is 10.8 Å². The molecule has 8 heavy (non-hydrogen) atoms. The summed E-state index contributed by atoms with van der Waals surface area (Å²) in [5.74, 6) is 0. The molecule has 1 aliphatic carbocycles. The van der Waals surface area contributed by atoms with E-state index in [2.05, 4.69) is 5.73 Å². The van der Waals surface area contributed by atoms with Crippen LogP contribution in [0.5, 0.6) is 0 Å². The second-order valence-electron chi connectivity index (χ2n) is 2.41. The summed E-state index contributed by atoms with van der Waals surface area (Å²) in [5, 5.41) is -0.274. The third-order valence-electron chi connectivity index (χ3n) is 1.73. The van der Waals surface area contributed by atoms with Gasteiger partial charge in [0.2, 0.25) is 0 Å². The number of halogens is 1. The topological polar surface area (TPSA) is 44.7 Å². The summed E-state index contributed by atoms with van der Waals surface area (Å²) in [7, 11) is 0. The van der Waals surface area contributed by atoms with Gasteiger partial charge in [0, 0.05) is 12.8 Å². The van der Waals surface area contributed by atoms with E-state index < -0.39 is 5.54 Å². The van der Waals surface area contributed by atoms with Gasteiger partial charge in [-0.15, -0.1) is 0 Å². The molecule has 1 fully saturated rings. The first-order chi connectivity index (χ1) is 3.65. The number of hydrogen-bond donors (Lipinski definition) is 1.